The highest BCUT2D eigenvalue weighted by atomic mass is 19.2. The van der Waals surface area contributed by atoms with E-state index >= 15 is 52.7 Å². The molecule has 12 rings (SSSR count). The Balaban J connectivity index is 1.39. The second-order valence-electron chi connectivity index (χ2n) is 22.1. The van der Waals surface area contributed by atoms with Crippen LogP contribution < -0.4 is 19.6 Å². The molecule has 0 fully saturated rings. The van der Waals surface area contributed by atoms with E-state index in [0.29, 0.717) is 87.5 Å². The lowest BCUT2D eigenvalue weighted by molar-refractivity contribution is 0.544. The number of rotatable bonds is 12. The number of hydrogen-bond acceptors (Lipinski definition) is 4. The first-order valence-corrected chi connectivity index (χ1v) is 27.8. The lowest BCUT2D eigenvalue weighted by atomic mass is 9.88. The predicted molar refractivity (Wildman–Crippen MR) is 326 cm³/mol. The SMILES string of the molecule is Cc1ccc(N(c2c(F)cc(F)cc2F)c2cc(N(c3c(C)cccc3C)c3c(F)cc(F)cc3F)c3ccc4c(N(c5c(C)cccc5C)c5c(F)cc(F)cc5F)cc(N(c5c(C)cccc5C)c5c(F)cc(F)cc5F)c5ccc2c3c54)c(C)c1. The lowest BCUT2D eigenvalue weighted by Crippen LogP contribution is -2.20. The molecular weight excluding hydrogens is 1150 g/mol. The molecule has 0 saturated heterocycles. The minimum atomic E-state index is -1.38. The van der Waals surface area contributed by atoms with Gasteiger partial charge >= 0.3 is 0 Å². The third-order valence-electron chi connectivity index (χ3n) is 16.2. The van der Waals surface area contributed by atoms with E-state index < -0.39 is 92.6 Å². The topological polar surface area (TPSA) is 13.0 Å². The van der Waals surface area contributed by atoms with E-state index in [2.05, 4.69) is 0 Å². The average Bonchev–Trinajstić information content (AvgIpc) is 0.758. The van der Waals surface area contributed by atoms with Crippen LogP contribution in [0.1, 0.15) is 44.5 Å². The van der Waals surface area contributed by atoms with Crippen molar-refractivity contribution in [3.63, 3.8) is 0 Å². The Morgan fingerprint density at radius 2 is 0.455 bits per heavy atom. The third kappa shape index (κ3) is 9.61. The van der Waals surface area contributed by atoms with Crippen LogP contribution in [-0.2, 0) is 0 Å². The van der Waals surface area contributed by atoms with E-state index in [4.69, 9.17) is 0 Å². The molecule has 0 saturated carbocycles. The maximum atomic E-state index is 17.2. The summed E-state index contributed by atoms with van der Waals surface area (Å²) in [6.45, 7) is 13.5. The summed E-state index contributed by atoms with van der Waals surface area (Å²) < 4.78 is 199. The second kappa shape index (κ2) is 22.1. The van der Waals surface area contributed by atoms with Crippen molar-refractivity contribution in [3.8, 4) is 0 Å². The first kappa shape index (κ1) is 58.4. The molecule has 0 unspecified atom stereocenters. The van der Waals surface area contributed by atoms with E-state index in [0.717, 1.165) is 5.56 Å². The van der Waals surface area contributed by atoms with E-state index in [9.17, 15) is 0 Å². The Morgan fingerprint density at radius 1 is 0.216 bits per heavy atom. The highest BCUT2D eigenvalue weighted by Gasteiger charge is 2.36. The molecule has 0 N–H and O–H groups in total. The van der Waals surface area contributed by atoms with Gasteiger partial charge in [-0.3, -0.25) is 0 Å². The zero-order chi connectivity index (χ0) is 62.6. The van der Waals surface area contributed by atoms with Gasteiger partial charge in [0.15, 0.2) is 46.5 Å². The number of benzene rings is 12. The molecule has 16 heteroatoms. The van der Waals surface area contributed by atoms with E-state index in [1.54, 1.807) is 152 Å². The highest BCUT2D eigenvalue weighted by Crippen LogP contribution is 2.58. The Labute approximate surface area is 498 Å². The summed E-state index contributed by atoms with van der Waals surface area (Å²) in [5, 5.41) is 0.628. The molecule has 0 aliphatic heterocycles. The summed E-state index contributed by atoms with van der Waals surface area (Å²) in [5.74, 6) is -16.0. The first-order valence-electron chi connectivity index (χ1n) is 27.8. The molecule has 0 amide bonds. The van der Waals surface area contributed by atoms with Crippen molar-refractivity contribution in [2.75, 3.05) is 19.6 Å². The van der Waals surface area contributed by atoms with Gasteiger partial charge in [0.25, 0.3) is 0 Å². The van der Waals surface area contributed by atoms with Gasteiger partial charge in [0.1, 0.15) is 46.0 Å². The largest absolute Gasteiger partial charge is 0.304 e. The molecule has 12 aromatic carbocycles. The Bertz CT molecular complexity index is 4580. The fraction of sp³-hybridized carbons (Fsp3) is 0.111. The molecule has 0 bridgehead atoms. The highest BCUT2D eigenvalue weighted by molar-refractivity contribution is 6.33. The van der Waals surface area contributed by atoms with Crippen molar-refractivity contribution in [3.05, 3.63) is 272 Å². The second-order valence-corrected chi connectivity index (χ2v) is 22.1. The summed E-state index contributed by atoms with van der Waals surface area (Å²) in [5.41, 5.74) is 0.700. The van der Waals surface area contributed by atoms with E-state index in [-0.39, 0.29) is 77.8 Å². The number of nitrogens with zero attached hydrogens (tertiary/aromatic N) is 4. The molecule has 442 valence electrons. The molecule has 0 heterocycles. The number of aryl methyl sites for hydroxylation is 8. The van der Waals surface area contributed by atoms with Crippen LogP contribution >= 0.6 is 0 Å². The maximum absolute atomic E-state index is 17.2. The Hall–Kier alpha value is -9.96. The van der Waals surface area contributed by atoms with Crippen LogP contribution in [0.5, 0.6) is 0 Å². The minimum Gasteiger partial charge on any atom is -0.304 e. The average molecular weight is 1200 g/mol. The summed E-state index contributed by atoms with van der Waals surface area (Å²) >= 11 is 0. The monoisotopic (exact) mass is 1200 g/mol. The standard InChI is InChI=1S/C72H50F12N4/c1-35-18-23-59(42(8)24-35)85(69-51(77)25-43(73)26-52(69)78)60-33-61(86(66-36(2)12-9-13-37(66)3)70-53(79)27-44(74)28-54(70)80)48-21-22-50-63(88(68-40(6)16-11-17-41(68)7)72-57(83)31-46(76)32-58(72)84)34-62(49-20-19-47(60)64(48)65(49)50)87(67-38(4)14-10-15-39(67)5)71-55(81)29-45(75)30-56(71)82/h9-34H,1-8H3. The van der Waals surface area contributed by atoms with Crippen molar-refractivity contribution in [2.45, 2.75) is 55.4 Å². The fourth-order valence-electron chi connectivity index (χ4n) is 12.6. The van der Waals surface area contributed by atoms with Crippen LogP contribution in [0.25, 0.3) is 32.3 Å². The zero-order valence-corrected chi connectivity index (χ0v) is 48.3. The van der Waals surface area contributed by atoms with Crippen LogP contribution in [-0.4, -0.2) is 0 Å². The molecule has 4 nitrogen and oxygen atoms in total. The molecule has 0 aromatic heterocycles. The number of halogens is 12. The van der Waals surface area contributed by atoms with Crippen molar-refractivity contribution in [2.24, 2.45) is 0 Å². The van der Waals surface area contributed by atoms with Crippen molar-refractivity contribution in [1.82, 2.24) is 0 Å². The van der Waals surface area contributed by atoms with Crippen LogP contribution in [0, 0.1) is 125 Å². The van der Waals surface area contributed by atoms with Gasteiger partial charge in [-0.05, 0) is 113 Å². The van der Waals surface area contributed by atoms with Crippen molar-refractivity contribution < 1.29 is 52.7 Å². The lowest BCUT2D eigenvalue weighted by Gasteiger charge is -2.36. The van der Waals surface area contributed by atoms with Gasteiger partial charge in [0, 0.05) is 86.5 Å². The third-order valence-corrected chi connectivity index (χ3v) is 16.2. The molecular formula is C72H50F12N4. The number of anilines is 12. The Kier molecular flexibility index (Phi) is 14.7. The molecule has 0 atom stereocenters. The molecule has 0 aliphatic carbocycles. The van der Waals surface area contributed by atoms with Crippen LogP contribution in [0.4, 0.5) is 121 Å². The first-order chi connectivity index (χ1) is 41.9. The van der Waals surface area contributed by atoms with E-state index in [1.165, 1.54) is 31.7 Å². The summed E-state index contributed by atoms with van der Waals surface area (Å²) in [4.78, 5) is 4.82. The molecule has 12 aromatic rings. The van der Waals surface area contributed by atoms with Crippen molar-refractivity contribution >= 4 is 101 Å². The van der Waals surface area contributed by atoms with E-state index in [1.807, 2.05) is 0 Å². The normalized spacial score (nSPS) is 11.6. The number of para-hydroxylation sites is 3. The van der Waals surface area contributed by atoms with Gasteiger partial charge in [-0.25, -0.2) is 52.7 Å². The maximum Gasteiger partial charge on any atom is 0.153 e. The molecule has 88 heavy (non-hydrogen) atoms. The summed E-state index contributed by atoms with van der Waals surface area (Å²) in [6.07, 6.45) is 0. The van der Waals surface area contributed by atoms with Crippen LogP contribution in [0.3, 0.4) is 0 Å². The van der Waals surface area contributed by atoms with Gasteiger partial charge < -0.3 is 19.6 Å². The van der Waals surface area contributed by atoms with Crippen LogP contribution in [0.2, 0.25) is 0 Å². The predicted octanol–water partition coefficient (Wildman–Crippen LogP) is 22.6. The van der Waals surface area contributed by atoms with Crippen molar-refractivity contribution in [1.29, 1.82) is 0 Å². The van der Waals surface area contributed by atoms with Gasteiger partial charge in [-0.15, -0.1) is 0 Å². The zero-order valence-electron chi connectivity index (χ0n) is 48.3. The van der Waals surface area contributed by atoms with Crippen LogP contribution in [0.15, 0.2) is 158 Å². The molecule has 0 radical (unpaired) electrons. The quantitative estimate of drug-likeness (QED) is 0.0893. The smallest absolute Gasteiger partial charge is 0.153 e. The minimum absolute atomic E-state index is 0.0884. The summed E-state index contributed by atoms with van der Waals surface area (Å²) in [7, 11) is 0. The molecule has 0 spiro atoms. The fourth-order valence-corrected chi connectivity index (χ4v) is 12.6. The Morgan fingerprint density at radius 3 is 0.705 bits per heavy atom. The molecule has 0 aliphatic rings. The van der Waals surface area contributed by atoms with Gasteiger partial charge in [0.05, 0.1) is 39.8 Å². The summed E-state index contributed by atoms with van der Waals surface area (Å²) in [6, 6.07) is 33.1. The van der Waals surface area contributed by atoms with Gasteiger partial charge in [-0.2, -0.15) is 0 Å². The number of hydrogen-bond donors (Lipinski definition) is 0. The van der Waals surface area contributed by atoms with Gasteiger partial charge in [-0.1, -0.05) is 96.6 Å². The van der Waals surface area contributed by atoms with Gasteiger partial charge in [0.2, 0.25) is 0 Å².